The fraction of sp³-hybridized carbons (Fsp3) is 0.833. The molecule has 0 heterocycles. The van der Waals surface area contributed by atoms with Crippen molar-refractivity contribution in [3.63, 3.8) is 0 Å². The maximum atomic E-state index is 10.2. The number of rotatable bonds is 5. The Hall–Kier alpha value is -1.21. The normalized spacial score (nSPS) is 15.9. The summed E-state index contributed by atoms with van der Waals surface area (Å²) in [7, 11) is 2.23. The van der Waals surface area contributed by atoms with E-state index >= 15 is 0 Å². The molecule has 194 valence electrons. The first kappa shape index (κ1) is 23.0. The summed E-state index contributed by atoms with van der Waals surface area (Å²) in [6, 6.07) is 0. The Kier molecular flexibility index (Phi) is 22.9. The number of halogens is 2. The van der Waals surface area contributed by atoms with E-state index in [9.17, 15) is 14.4 Å². The SMILES string of the molecule is Cl.Cl.[2H]C([2H])(C)C(=O)OC.[2H]C([2H])(C)C(C)(C)O.[2H]C([2H])(N)C(=O)O.[2H]C([2H])(N)C(=O)OC.[2H]C([2H])(N)C(C)(C)O. The van der Waals surface area contributed by atoms with Crippen LogP contribution in [0.4, 0.5) is 0 Å². The molecule has 31 heavy (non-hydrogen) atoms. The van der Waals surface area contributed by atoms with Crippen LogP contribution in [0.15, 0.2) is 0 Å². The van der Waals surface area contributed by atoms with Gasteiger partial charge < -0.3 is 42.0 Å². The molecule has 0 amide bonds. The Morgan fingerprint density at radius 1 is 0.839 bits per heavy atom. The number of nitrogens with two attached hydrogens (primary N) is 3. The van der Waals surface area contributed by atoms with E-state index in [1.165, 1.54) is 34.6 Å². The molecule has 0 aliphatic carbocycles. The van der Waals surface area contributed by atoms with Crippen LogP contribution in [0.25, 0.3) is 0 Å². The topological polar surface area (TPSA) is 208 Å². The average Bonchev–Trinajstić information content (AvgIpc) is 2.63. The van der Waals surface area contributed by atoms with Crippen LogP contribution in [-0.4, -0.2) is 78.1 Å². The molecule has 0 aromatic rings. The van der Waals surface area contributed by atoms with Crippen molar-refractivity contribution in [3.05, 3.63) is 0 Å². The van der Waals surface area contributed by atoms with Gasteiger partial charge in [0.05, 0.1) is 43.9 Å². The first-order valence-electron chi connectivity index (χ1n) is 12.6. The van der Waals surface area contributed by atoms with Gasteiger partial charge in [-0.25, -0.2) is 0 Å². The van der Waals surface area contributed by atoms with Crippen molar-refractivity contribution in [1.29, 1.82) is 0 Å². The molecule has 0 atom stereocenters. The highest BCUT2D eigenvalue weighted by atomic mass is 35.5. The van der Waals surface area contributed by atoms with Gasteiger partial charge in [-0.1, -0.05) is 13.8 Å². The zero-order chi connectivity index (χ0) is 33.6. The smallest absolute Gasteiger partial charge is 0.319 e. The molecule has 13 heteroatoms. The number of esters is 2. The second-order valence-corrected chi connectivity index (χ2v) is 5.34. The Bertz CT molecular complexity index is 666. The Morgan fingerprint density at radius 3 is 1.10 bits per heavy atom. The summed E-state index contributed by atoms with van der Waals surface area (Å²) in [5.74, 6) is -3.54. The van der Waals surface area contributed by atoms with Crippen molar-refractivity contribution in [2.45, 2.75) is 65.5 Å². The quantitative estimate of drug-likeness (QED) is 0.278. The van der Waals surface area contributed by atoms with Gasteiger partial charge in [0, 0.05) is 21.1 Å². The summed E-state index contributed by atoms with van der Waals surface area (Å²) in [6.07, 6.45) is -3.36. The molecular formula is C18H45Cl2N3O8. The minimum absolute atomic E-state index is 0. The molecule has 0 fully saturated rings. The second-order valence-electron chi connectivity index (χ2n) is 5.34. The summed E-state index contributed by atoms with van der Waals surface area (Å²) in [5, 5.41) is 25.6. The van der Waals surface area contributed by atoms with Crippen molar-refractivity contribution in [2.75, 3.05) is 33.7 Å². The molecule has 0 unspecified atom stereocenters. The van der Waals surface area contributed by atoms with E-state index in [1.54, 1.807) is 0 Å². The third-order valence-corrected chi connectivity index (χ3v) is 1.78. The first-order valence-corrected chi connectivity index (χ1v) is 7.62. The lowest BCUT2D eigenvalue weighted by molar-refractivity contribution is -0.140. The van der Waals surface area contributed by atoms with E-state index < -0.39 is 61.3 Å². The van der Waals surface area contributed by atoms with Gasteiger partial charge in [-0.15, -0.1) is 24.8 Å². The van der Waals surface area contributed by atoms with Crippen molar-refractivity contribution >= 4 is 42.7 Å². The van der Waals surface area contributed by atoms with Crippen LogP contribution in [0.1, 0.15) is 68.0 Å². The minimum atomic E-state index is -2.58. The summed E-state index contributed by atoms with van der Waals surface area (Å²) in [4.78, 5) is 29.9. The highest BCUT2D eigenvalue weighted by molar-refractivity contribution is 5.85. The molecule has 11 nitrogen and oxygen atoms in total. The first-order chi connectivity index (χ1) is 16.4. The number of ether oxygens (including phenoxy) is 2. The third-order valence-electron chi connectivity index (χ3n) is 1.78. The zero-order valence-corrected chi connectivity index (χ0v) is 20.6. The molecule has 0 saturated carbocycles. The number of methoxy groups -OCH3 is 2. The van der Waals surface area contributed by atoms with Crippen LogP contribution in [0.2, 0.25) is 0 Å². The summed E-state index contributed by atoms with van der Waals surface area (Å²) >= 11 is 0. The van der Waals surface area contributed by atoms with Crippen LogP contribution in [0.5, 0.6) is 0 Å². The molecule has 9 N–H and O–H groups in total. The van der Waals surface area contributed by atoms with E-state index in [4.69, 9.17) is 34.8 Å². The molecule has 0 aromatic heterocycles. The molecule has 0 rings (SSSR count). The van der Waals surface area contributed by atoms with Crippen molar-refractivity contribution in [2.24, 2.45) is 17.2 Å². The predicted molar refractivity (Wildman–Crippen MR) is 127 cm³/mol. The summed E-state index contributed by atoms with van der Waals surface area (Å²) in [6.45, 7) is 1.12. The number of hydrogen-bond acceptors (Lipinski definition) is 10. The highest BCUT2D eigenvalue weighted by Crippen LogP contribution is 2.03. The summed E-state index contributed by atoms with van der Waals surface area (Å²) in [5.41, 5.74) is 11.3. The van der Waals surface area contributed by atoms with E-state index in [2.05, 4.69) is 20.9 Å². The molecule has 0 aliphatic rings. The number of aliphatic hydroxyl groups is 2. The minimum Gasteiger partial charge on any atom is -0.480 e. The molecule has 0 aromatic carbocycles. The maximum absolute atomic E-state index is 10.2. The number of hydrogen-bond donors (Lipinski definition) is 6. The second kappa shape index (κ2) is 31.0. The molecule has 0 bridgehead atoms. The lowest BCUT2D eigenvalue weighted by Crippen LogP contribution is -2.29. The van der Waals surface area contributed by atoms with Crippen molar-refractivity contribution in [3.8, 4) is 0 Å². The van der Waals surface area contributed by atoms with Gasteiger partial charge in [-0.3, -0.25) is 14.4 Å². The highest BCUT2D eigenvalue weighted by Gasteiger charge is 2.06. The Morgan fingerprint density at radius 2 is 1.10 bits per heavy atom. The molecule has 0 spiro atoms. The Labute approximate surface area is 212 Å². The molecule has 0 saturated heterocycles. The fourth-order valence-electron chi connectivity index (χ4n) is 0.161. The van der Waals surface area contributed by atoms with Gasteiger partial charge in [0.25, 0.3) is 0 Å². The average molecular weight is 513 g/mol. The van der Waals surface area contributed by atoms with Crippen LogP contribution in [-0.2, 0) is 23.9 Å². The monoisotopic (exact) mass is 511 g/mol. The molecule has 0 aliphatic heterocycles. The predicted octanol–water partition coefficient (Wildman–Crippen LogP) is 0.444. The van der Waals surface area contributed by atoms with Gasteiger partial charge in [-0.2, -0.15) is 0 Å². The standard InChI is InChI=1S/C5H12O.C4H11NO.C4H8O2.C3H7NO2.C2H5NO2.2ClH/c1-4-5(2,3)6;1-4(2,6)3-5;1-3-4(5)6-2;1-6-3(5)2-4;3-1-2(4)5;;/h6H,4H2,1-3H3;6H,3,5H2,1-2H3;3H2,1-2H3;2,4H2,1H3;1,3H2,(H,4,5);2*1H/i4D2;2*3D2;2D2;1D2;;. The van der Waals surface area contributed by atoms with Gasteiger partial charge in [-0.05, 0) is 34.1 Å². The van der Waals surface area contributed by atoms with Crippen LogP contribution < -0.4 is 17.2 Å². The van der Waals surface area contributed by atoms with Crippen LogP contribution >= 0.6 is 24.8 Å². The number of carboxylic acids is 1. The van der Waals surface area contributed by atoms with E-state index in [0.29, 0.717) is 0 Å². The van der Waals surface area contributed by atoms with E-state index in [1.807, 2.05) is 0 Å². The fourth-order valence-corrected chi connectivity index (χ4v) is 0.161. The number of aliphatic carboxylic acids is 1. The van der Waals surface area contributed by atoms with Crippen LogP contribution in [0.3, 0.4) is 0 Å². The molecule has 0 radical (unpaired) electrons. The maximum Gasteiger partial charge on any atom is 0.319 e. The summed E-state index contributed by atoms with van der Waals surface area (Å²) < 4.78 is 74.6. The largest absolute Gasteiger partial charge is 0.480 e. The zero-order valence-electron chi connectivity index (χ0n) is 28.9. The Balaban J connectivity index is -0.0000000697. The van der Waals surface area contributed by atoms with Crippen molar-refractivity contribution in [1.82, 2.24) is 0 Å². The van der Waals surface area contributed by atoms with Gasteiger partial charge in [0.2, 0.25) is 0 Å². The third kappa shape index (κ3) is 94.5. The lowest BCUT2D eigenvalue weighted by Gasteiger charge is -2.11. The van der Waals surface area contributed by atoms with Crippen molar-refractivity contribution < 1.29 is 52.9 Å². The number of carboxylic acid groups (broad SMARTS) is 1. The van der Waals surface area contributed by atoms with Crippen LogP contribution in [0, 0.1) is 0 Å². The van der Waals surface area contributed by atoms with Gasteiger partial charge in [0.1, 0.15) is 0 Å². The van der Waals surface area contributed by atoms with E-state index in [0.717, 1.165) is 21.1 Å². The number of carbonyl (C=O) groups is 3. The number of carbonyl (C=O) groups excluding carboxylic acids is 2. The lowest BCUT2D eigenvalue weighted by atomic mass is 10.1. The molecular weight excluding hydrogens is 457 g/mol. The van der Waals surface area contributed by atoms with E-state index in [-0.39, 0.29) is 24.8 Å². The van der Waals surface area contributed by atoms with Gasteiger partial charge >= 0.3 is 17.9 Å². The van der Waals surface area contributed by atoms with Gasteiger partial charge in [0.15, 0.2) is 0 Å².